The zero-order chi connectivity index (χ0) is 20.1. The minimum Gasteiger partial charge on any atom is -0.456 e. The quantitative estimate of drug-likeness (QED) is 0.585. The molecule has 0 aromatic heterocycles. The Labute approximate surface area is 172 Å². The van der Waals surface area contributed by atoms with Crippen LogP contribution in [-0.4, -0.2) is 20.6 Å². The van der Waals surface area contributed by atoms with Crippen molar-refractivity contribution in [3.05, 3.63) is 88.4 Å². The molecule has 0 bridgehead atoms. The molecule has 0 aliphatic carbocycles. The molecule has 5 nitrogen and oxygen atoms in total. The third-order valence-electron chi connectivity index (χ3n) is 3.96. The van der Waals surface area contributed by atoms with Crippen LogP contribution in [0.2, 0.25) is 0 Å². The number of nitrogens with one attached hydrogen (secondary N) is 1. The van der Waals surface area contributed by atoms with Crippen molar-refractivity contribution < 1.29 is 17.9 Å². The molecule has 0 radical (unpaired) electrons. The van der Waals surface area contributed by atoms with Crippen molar-refractivity contribution in [3.8, 4) is 11.5 Å². The number of ether oxygens (including phenoxy) is 1. The normalized spacial score (nSPS) is 11.1. The van der Waals surface area contributed by atoms with Crippen molar-refractivity contribution >= 4 is 31.7 Å². The fourth-order valence-corrected chi connectivity index (χ4v) is 3.54. The lowest BCUT2D eigenvalue weighted by atomic mass is 10.1. The lowest BCUT2D eigenvalue weighted by Crippen LogP contribution is -2.23. The summed E-state index contributed by atoms with van der Waals surface area (Å²) < 4.78 is 29.8. The Morgan fingerprint density at radius 1 is 1.00 bits per heavy atom. The predicted octanol–water partition coefficient (Wildman–Crippen LogP) is 4.57. The largest absolute Gasteiger partial charge is 0.456 e. The molecule has 0 fully saturated rings. The summed E-state index contributed by atoms with van der Waals surface area (Å²) in [6.45, 7) is 0.272. The fraction of sp³-hybridized carbons (Fsp3) is 0.0952. The standard InChI is InChI=1S/C21H18BrNO4S/c1-28(25,26)18-11-9-15(10-12-18)14-23-21(24)19-7-2-3-8-20(19)27-17-6-4-5-16(22)13-17/h2-13H,14H2,1H3,(H,23,24). The maximum Gasteiger partial charge on any atom is 0.255 e. The van der Waals surface area contributed by atoms with Gasteiger partial charge in [-0.15, -0.1) is 0 Å². The number of carbonyl (C=O) groups excluding carboxylic acids is 1. The molecule has 3 aromatic rings. The number of para-hydroxylation sites is 1. The van der Waals surface area contributed by atoms with Gasteiger partial charge in [0.25, 0.3) is 5.91 Å². The van der Waals surface area contributed by atoms with E-state index in [1.807, 2.05) is 24.3 Å². The lowest BCUT2D eigenvalue weighted by Gasteiger charge is -2.12. The van der Waals surface area contributed by atoms with E-state index in [0.717, 1.165) is 16.3 Å². The van der Waals surface area contributed by atoms with E-state index in [4.69, 9.17) is 4.74 Å². The molecule has 1 amide bonds. The highest BCUT2D eigenvalue weighted by Gasteiger charge is 2.13. The summed E-state index contributed by atoms with van der Waals surface area (Å²) in [5.74, 6) is 0.786. The average Bonchev–Trinajstić information content (AvgIpc) is 2.66. The smallest absolute Gasteiger partial charge is 0.255 e. The van der Waals surface area contributed by atoms with Gasteiger partial charge in [-0.05, 0) is 48.0 Å². The van der Waals surface area contributed by atoms with Crippen molar-refractivity contribution in [2.24, 2.45) is 0 Å². The minimum atomic E-state index is -3.24. The maximum atomic E-state index is 12.6. The van der Waals surface area contributed by atoms with Gasteiger partial charge >= 0.3 is 0 Å². The Hall–Kier alpha value is -2.64. The summed E-state index contributed by atoms with van der Waals surface area (Å²) in [5, 5.41) is 2.83. The van der Waals surface area contributed by atoms with Crippen LogP contribution in [0.4, 0.5) is 0 Å². The van der Waals surface area contributed by atoms with E-state index >= 15 is 0 Å². The number of carbonyl (C=O) groups is 1. The second-order valence-electron chi connectivity index (χ2n) is 6.15. The molecule has 0 aliphatic heterocycles. The van der Waals surface area contributed by atoms with Gasteiger partial charge < -0.3 is 10.1 Å². The molecular weight excluding hydrogens is 442 g/mol. The van der Waals surface area contributed by atoms with E-state index in [9.17, 15) is 13.2 Å². The number of hydrogen-bond donors (Lipinski definition) is 1. The summed E-state index contributed by atoms with van der Waals surface area (Å²) in [6, 6.07) is 20.8. The molecule has 28 heavy (non-hydrogen) atoms. The summed E-state index contributed by atoms with van der Waals surface area (Å²) >= 11 is 3.39. The molecule has 0 heterocycles. The molecule has 1 N–H and O–H groups in total. The second kappa shape index (κ2) is 8.58. The number of rotatable bonds is 6. The van der Waals surface area contributed by atoms with Crippen LogP contribution in [0.25, 0.3) is 0 Å². The predicted molar refractivity (Wildman–Crippen MR) is 111 cm³/mol. The van der Waals surface area contributed by atoms with Crippen molar-refractivity contribution in [2.75, 3.05) is 6.26 Å². The van der Waals surface area contributed by atoms with Crippen molar-refractivity contribution in [1.82, 2.24) is 5.32 Å². The lowest BCUT2D eigenvalue weighted by molar-refractivity contribution is 0.0948. The van der Waals surface area contributed by atoms with Gasteiger partial charge in [-0.3, -0.25) is 4.79 Å². The van der Waals surface area contributed by atoms with Gasteiger partial charge in [-0.2, -0.15) is 0 Å². The first kappa shape index (κ1) is 20.1. The van der Waals surface area contributed by atoms with Crippen molar-refractivity contribution in [3.63, 3.8) is 0 Å². The molecule has 0 aliphatic rings. The van der Waals surface area contributed by atoms with Crippen LogP contribution in [0.15, 0.2) is 82.2 Å². The van der Waals surface area contributed by atoms with Gasteiger partial charge in [0.15, 0.2) is 9.84 Å². The van der Waals surface area contributed by atoms with Gasteiger partial charge in [0, 0.05) is 17.3 Å². The van der Waals surface area contributed by atoms with Crippen LogP contribution < -0.4 is 10.1 Å². The second-order valence-corrected chi connectivity index (χ2v) is 9.09. The molecular formula is C21H18BrNO4S. The molecule has 144 valence electrons. The first-order chi connectivity index (χ1) is 13.3. The Balaban J connectivity index is 1.71. The van der Waals surface area contributed by atoms with E-state index < -0.39 is 9.84 Å². The molecule has 0 atom stereocenters. The topological polar surface area (TPSA) is 72.5 Å². The van der Waals surface area contributed by atoms with E-state index in [1.54, 1.807) is 36.4 Å². The molecule has 3 rings (SSSR count). The van der Waals surface area contributed by atoms with Crippen LogP contribution >= 0.6 is 15.9 Å². The van der Waals surface area contributed by atoms with Crippen LogP contribution in [-0.2, 0) is 16.4 Å². The number of hydrogen-bond acceptors (Lipinski definition) is 4. The van der Waals surface area contributed by atoms with Crippen LogP contribution in [0.3, 0.4) is 0 Å². The molecule has 0 spiro atoms. The van der Waals surface area contributed by atoms with E-state index in [-0.39, 0.29) is 17.3 Å². The summed E-state index contributed by atoms with van der Waals surface area (Å²) in [5.41, 5.74) is 1.21. The number of sulfone groups is 1. The van der Waals surface area contributed by atoms with Gasteiger partial charge in [0.2, 0.25) is 0 Å². The van der Waals surface area contributed by atoms with Crippen LogP contribution in [0, 0.1) is 0 Å². The van der Waals surface area contributed by atoms with E-state index in [2.05, 4.69) is 21.2 Å². The number of halogens is 1. The van der Waals surface area contributed by atoms with Gasteiger partial charge in [-0.25, -0.2) is 8.42 Å². The first-order valence-corrected chi connectivity index (χ1v) is 11.1. The highest BCUT2D eigenvalue weighted by Crippen LogP contribution is 2.27. The summed E-state index contributed by atoms with van der Waals surface area (Å²) in [6.07, 6.45) is 1.16. The zero-order valence-corrected chi connectivity index (χ0v) is 17.5. The Bertz CT molecular complexity index is 1100. The molecule has 0 saturated carbocycles. The number of amides is 1. The van der Waals surface area contributed by atoms with Crippen LogP contribution in [0.5, 0.6) is 11.5 Å². The zero-order valence-electron chi connectivity index (χ0n) is 15.1. The molecule has 7 heteroatoms. The molecule has 3 aromatic carbocycles. The minimum absolute atomic E-state index is 0.246. The number of benzene rings is 3. The monoisotopic (exact) mass is 459 g/mol. The molecule has 0 unspecified atom stereocenters. The van der Waals surface area contributed by atoms with Gasteiger partial charge in [0.1, 0.15) is 11.5 Å². The third-order valence-corrected chi connectivity index (χ3v) is 5.58. The highest BCUT2D eigenvalue weighted by molar-refractivity contribution is 9.10. The van der Waals surface area contributed by atoms with E-state index in [1.165, 1.54) is 12.1 Å². The maximum absolute atomic E-state index is 12.6. The van der Waals surface area contributed by atoms with Gasteiger partial charge in [0.05, 0.1) is 10.5 Å². The van der Waals surface area contributed by atoms with Crippen LogP contribution in [0.1, 0.15) is 15.9 Å². The van der Waals surface area contributed by atoms with E-state index in [0.29, 0.717) is 17.1 Å². The Morgan fingerprint density at radius 2 is 1.71 bits per heavy atom. The SMILES string of the molecule is CS(=O)(=O)c1ccc(CNC(=O)c2ccccc2Oc2cccc(Br)c2)cc1. The summed E-state index contributed by atoms with van der Waals surface area (Å²) in [4.78, 5) is 12.9. The fourth-order valence-electron chi connectivity index (χ4n) is 2.53. The highest BCUT2D eigenvalue weighted by atomic mass is 79.9. The third kappa shape index (κ3) is 5.21. The van der Waals surface area contributed by atoms with Crippen molar-refractivity contribution in [2.45, 2.75) is 11.4 Å². The Kier molecular flexibility index (Phi) is 6.16. The van der Waals surface area contributed by atoms with Crippen molar-refractivity contribution in [1.29, 1.82) is 0 Å². The van der Waals surface area contributed by atoms with Gasteiger partial charge in [-0.1, -0.05) is 46.3 Å². The average molecular weight is 460 g/mol. The summed E-state index contributed by atoms with van der Waals surface area (Å²) in [7, 11) is -3.24. The first-order valence-electron chi connectivity index (χ1n) is 8.42. The molecule has 0 saturated heterocycles. The Morgan fingerprint density at radius 3 is 2.39 bits per heavy atom.